The highest BCUT2D eigenvalue weighted by Crippen LogP contribution is 2.59. The van der Waals surface area contributed by atoms with Crippen LogP contribution in [0.1, 0.15) is 49.4 Å². The predicted molar refractivity (Wildman–Crippen MR) is 67.7 cm³/mol. The van der Waals surface area contributed by atoms with Crippen LogP contribution in [0.15, 0.2) is 6.07 Å². The molecule has 4 fully saturated rings. The van der Waals surface area contributed by atoms with Gasteiger partial charge in [-0.15, -0.1) is 0 Å². The van der Waals surface area contributed by atoms with Crippen molar-refractivity contribution >= 4 is 0 Å². The third-order valence-corrected chi connectivity index (χ3v) is 5.60. The number of nitriles is 1. The van der Waals surface area contributed by atoms with E-state index in [0.717, 1.165) is 23.7 Å². The van der Waals surface area contributed by atoms with E-state index < -0.39 is 0 Å². The molecule has 0 aromatic carbocycles. The molecule has 0 unspecified atom stereocenters. The molecule has 4 aliphatic rings. The van der Waals surface area contributed by atoms with Gasteiger partial charge in [0, 0.05) is 18.7 Å². The van der Waals surface area contributed by atoms with Gasteiger partial charge >= 0.3 is 0 Å². The largest absolute Gasteiger partial charge is 0.271 e. The highest BCUT2D eigenvalue weighted by Gasteiger charge is 2.49. The van der Waals surface area contributed by atoms with Crippen LogP contribution in [0.4, 0.5) is 0 Å². The Labute approximate surface area is 108 Å². The summed E-state index contributed by atoms with van der Waals surface area (Å²) in [7, 11) is 2.00. The molecule has 18 heavy (non-hydrogen) atoms. The Morgan fingerprint density at radius 2 is 1.78 bits per heavy atom. The van der Waals surface area contributed by atoms with Gasteiger partial charge in [0.15, 0.2) is 5.69 Å². The second-order valence-electron chi connectivity index (χ2n) is 6.65. The van der Waals surface area contributed by atoms with E-state index >= 15 is 0 Å². The molecule has 0 spiro atoms. The lowest BCUT2D eigenvalue weighted by Gasteiger charge is -2.54. The number of hydrogen-bond acceptors (Lipinski definition) is 2. The summed E-state index contributed by atoms with van der Waals surface area (Å²) in [5.74, 6) is 4.42. The number of aryl methyl sites for hydroxylation is 1. The van der Waals surface area contributed by atoms with Gasteiger partial charge in [-0.1, -0.05) is 0 Å². The van der Waals surface area contributed by atoms with Crippen LogP contribution in [0.25, 0.3) is 0 Å². The Kier molecular flexibility index (Phi) is 2.12. The molecular formula is C15H19N3. The zero-order chi connectivity index (χ0) is 12.3. The quantitative estimate of drug-likeness (QED) is 0.758. The molecule has 0 aliphatic heterocycles. The van der Waals surface area contributed by atoms with Gasteiger partial charge in [0.2, 0.25) is 0 Å². The van der Waals surface area contributed by atoms with Crippen molar-refractivity contribution in [2.45, 2.75) is 38.0 Å². The van der Waals surface area contributed by atoms with Gasteiger partial charge in [-0.05, 0) is 61.8 Å². The van der Waals surface area contributed by atoms with Crippen molar-refractivity contribution < 1.29 is 0 Å². The summed E-state index contributed by atoms with van der Waals surface area (Å²) in [6.07, 6.45) is 7.18. The first-order chi connectivity index (χ1) is 8.74. The van der Waals surface area contributed by atoms with E-state index in [-0.39, 0.29) is 0 Å². The molecule has 5 rings (SSSR count). The van der Waals surface area contributed by atoms with Crippen molar-refractivity contribution in [2.75, 3.05) is 0 Å². The molecule has 1 aromatic heterocycles. The van der Waals surface area contributed by atoms with Gasteiger partial charge in [0.25, 0.3) is 0 Å². The normalized spacial score (nSPS) is 41.0. The average Bonchev–Trinajstić information content (AvgIpc) is 2.69. The van der Waals surface area contributed by atoms with Crippen molar-refractivity contribution in [2.24, 2.45) is 30.7 Å². The molecule has 0 amide bonds. The molecule has 94 valence electrons. The van der Waals surface area contributed by atoms with Crippen LogP contribution in [0.2, 0.25) is 0 Å². The van der Waals surface area contributed by atoms with Gasteiger partial charge in [-0.2, -0.15) is 10.4 Å². The second kappa shape index (κ2) is 3.60. The molecule has 0 radical (unpaired) electrons. The molecule has 4 aliphatic carbocycles. The smallest absolute Gasteiger partial charge is 0.162 e. The molecule has 1 aromatic rings. The maximum Gasteiger partial charge on any atom is 0.162 e. The molecule has 3 heteroatoms. The van der Waals surface area contributed by atoms with Crippen LogP contribution in [-0.4, -0.2) is 9.78 Å². The fourth-order valence-electron chi connectivity index (χ4n) is 5.26. The van der Waals surface area contributed by atoms with E-state index in [9.17, 15) is 0 Å². The van der Waals surface area contributed by atoms with Crippen LogP contribution in [0, 0.1) is 35.0 Å². The number of aromatic nitrogens is 2. The zero-order valence-electron chi connectivity index (χ0n) is 10.8. The Morgan fingerprint density at radius 1 is 1.17 bits per heavy atom. The molecule has 1 heterocycles. The maximum atomic E-state index is 9.00. The molecule has 4 bridgehead atoms. The summed E-state index contributed by atoms with van der Waals surface area (Å²) in [5.41, 5.74) is 1.90. The summed E-state index contributed by atoms with van der Waals surface area (Å²) in [6, 6.07) is 4.21. The van der Waals surface area contributed by atoms with Crippen molar-refractivity contribution in [3.63, 3.8) is 0 Å². The Morgan fingerprint density at radius 3 is 2.28 bits per heavy atom. The number of rotatable bonds is 1. The van der Waals surface area contributed by atoms with Crippen LogP contribution in [0.5, 0.6) is 0 Å². The third kappa shape index (κ3) is 1.38. The van der Waals surface area contributed by atoms with E-state index in [2.05, 4.69) is 11.2 Å². The van der Waals surface area contributed by atoms with Gasteiger partial charge < -0.3 is 0 Å². The van der Waals surface area contributed by atoms with Gasteiger partial charge in [-0.3, -0.25) is 4.68 Å². The van der Waals surface area contributed by atoms with Gasteiger partial charge in [0.1, 0.15) is 6.07 Å². The van der Waals surface area contributed by atoms with E-state index in [1.54, 1.807) is 0 Å². The molecular weight excluding hydrogens is 222 g/mol. The Balaban J connectivity index is 1.72. The lowest BCUT2D eigenvalue weighted by molar-refractivity contribution is -0.00533. The number of hydrogen-bond donors (Lipinski definition) is 0. The van der Waals surface area contributed by atoms with Crippen molar-refractivity contribution in [3.05, 3.63) is 17.5 Å². The minimum absolute atomic E-state index is 0.585. The van der Waals surface area contributed by atoms with Crippen LogP contribution < -0.4 is 0 Å². The van der Waals surface area contributed by atoms with E-state index in [1.165, 1.54) is 37.8 Å². The summed E-state index contributed by atoms with van der Waals surface area (Å²) >= 11 is 0. The van der Waals surface area contributed by atoms with Crippen LogP contribution in [0.3, 0.4) is 0 Å². The predicted octanol–water partition coefficient (Wildman–Crippen LogP) is 2.83. The highest BCUT2D eigenvalue weighted by atomic mass is 15.3. The zero-order valence-corrected chi connectivity index (χ0v) is 10.8. The van der Waals surface area contributed by atoms with Crippen LogP contribution >= 0.6 is 0 Å². The average molecular weight is 241 g/mol. The summed E-state index contributed by atoms with van der Waals surface area (Å²) in [4.78, 5) is 0. The first-order valence-electron chi connectivity index (χ1n) is 7.18. The second-order valence-corrected chi connectivity index (χ2v) is 6.65. The van der Waals surface area contributed by atoms with Crippen LogP contribution in [-0.2, 0) is 7.05 Å². The molecule has 0 atom stereocenters. The van der Waals surface area contributed by atoms with Gasteiger partial charge in [-0.25, -0.2) is 0 Å². The van der Waals surface area contributed by atoms with Crippen molar-refractivity contribution in [1.82, 2.24) is 9.78 Å². The highest BCUT2D eigenvalue weighted by molar-refractivity contribution is 5.27. The van der Waals surface area contributed by atoms with E-state index in [1.807, 2.05) is 17.8 Å². The lowest BCUT2D eigenvalue weighted by Crippen LogP contribution is -2.44. The van der Waals surface area contributed by atoms with Gasteiger partial charge in [0.05, 0.1) is 0 Å². The minimum atomic E-state index is 0.585. The summed E-state index contributed by atoms with van der Waals surface area (Å²) in [5, 5.41) is 13.3. The molecule has 3 nitrogen and oxygen atoms in total. The topological polar surface area (TPSA) is 41.6 Å². The third-order valence-electron chi connectivity index (χ3n) is 5.60. The molecule has 0 saturated heterocycles. The Hall–Kier alpha value is -1.30. The van der Waals surface area contributed by atoms with E-state index in [0.29, 0.717) is 11.6 Å². The SMILES string of the molecule is Cn1nc(C#N)cc1C1C2CC3CC(C2)CC1C3. The van der Waals surface area contributed by atoms with Crippen molar-refractivity contribution in [1.29, 1.82) is 5.26 Å². The fourth-order valence-corrected chi connectivity index (χ4v) is 5.26. The fraction of sp³-hybridized carbons (Fsp3) is 0.733. The molecule has 0 N–H and O–H groups in total. The maximum absolute atomic E-state index is 9.00. The minimum Gasteiger partial charge on any atom is -0.271 e. The first kappa shape index (κ1) is 10.6. The lowest BCUT2D eigenvalue weighted by atomic mass is 9.51. The number of nitrogens with zero attached hydrogens (tertiary/aromatic N) is 3. The summed E-state index contributed by atoms with van der Waals surface area (Å²) in [6.45, 7) is 0. The summed E-state index contributed by atoms with van der Waals surface area (Å²) < 4.78 is 1.96. The first-order valence-corrected chi connectivity index (χ1v) is 7.18. The van der Waals surface area contributed by atoms with E-state index in [4.69, 9.17) is 5.26 Å². The van der Waals surface area contributed by atoms with Crippen molar-refractivity contribution in [3.8, 4) is 6.07 Å². The Bertz CT molecular complexity index is 494. The standard InChI is InChI=1S/C15H19N3/c1-18-14(7-13(8-16)17-18)15-11-3-9-2-10(5-11)6-12(15)4-9/h7,9-12,15H,2-6H2,1H3. The molecule has 4 saturated carbocycles. The monoisotopic (exact) mass is 241 g/mol.